The Kier molecular flexibility index (Phi) is 3.40. The fraction of sp³-hybridized carbons (Fsp3) is 0.556. The highest BCUT2D eigenvalue weighted by molar-refractivity contribution is 5.99. The number of benzene rings is 1. The molecule has 22 heavy (non-hydrogen) atoms. The van der Waals surface area contributed by atoms with Gasteiger partial charge >= 0.3 is 0 Å². The molecule has 0 N–H and O–H groups in total. The van der Waals surface area contributed by atoms with Crippen LogP contribution in [-0.4, -0.2) is 28.9 Å². The third-order valence-corrected chi connectivity index (χ3v) is 5.37. The Morgan fingerprint density at radius 2 is 1.77 bits per heavy atom. The lowest BCUT2D eigenvalue weighted by molar-refractivity contribution is -0.123. The van der Waals surface area contributed by atoms with Crippen molar-refractivity contribution < 1.29 is 9.53 Å². The van der Waals surface area contributed by atoms with E-state index in [4.69, 9.17) is 4.74 Å². The molecule has 4 heteroatoms. The smallest absolute Gasteiger partial charge is 0.296 e. The van der Waals surface area contributed by atoms with Crippen molar-refractivity contribution in [3.63, 3.8) is 0 Å². The van der Waals surface area contributed by atoms with Gasteiger partial charge in [-0.3, -0.25) is 4.79 Å². The molecule has 2 heterocycles. The molecule has 1 saturated carbocycles. The maximum atomic E-state index is 12.3. The number of rotatable bonds is 1. The first kappa shape index (κ1) is 13.8. The van der Waals surface area contributed by atoms with Crippen LogP contribution in [-0.2, 0) is 9.53 Å². The van der Waals surface area contributed by atoms with E-state index in [1.807, 2.05) is 30.3 Å². The summed E-state index contributed by atoms with van der Waals surface area (Å²) in [7, 11) is 0. The van der Waals surface area contributed by atoms with Gasteiger partial charge in [0.05, 0.1) is 0 Å². The van der Waals surface area contributed by atoms with Gasteiger partial charge in [0.15, 0.2) is 0 Å². The number of hydrogen-bond donors (Lipinski definition) is 0. The lowest BCUT2D eigenvalue weighted by atomic mass is 9.80. The number of nitrogens with zero attached hydrogens (tertiary/aromatic N) is 2. The Hall–Kier alpha value is -1.84. The molecule has 1 unspecified atom stereocenters. The number of likely N-dealkylation sites (tertiary alicyclic amines) is 1. The summed E-state index contributed by atoms with van der Waals surface area (Å²) < 4.78 is 6.00. The second kappa shape index (κ2) is 5.41. The van der Waals surface area contributed by atoms with Crippen LogP contribution in [0.15, 0.2) is 35.3 Å². The normalized spacial score (nSPS) is 27.1. The SMILES string of the molecule is O=C1N=C(N2CCCC23CCCCC3)OC1c1ccccc1. The zero-order valence-corrected chi connectivity index (χ0v) is 12.8. The van der Waals surface area contributed by atoms with Crippen LogP contribution in [0.25, 0.3) is 0 Å². The first-order valence-corrected chi connectivity index (χ1v) is 8.40. The zero-order valence-electron chi connectivity index (χ0n) is 12.8. The zero-order chi connectivity index (χ0) is 15.0. The molecule has 1 aromatic rings. The molecule has 0 aromatic heterocycles. The van der Waals surface area contributed by atoms with Crippen LogP contribution in [0.5, 0.6) is 0 Å². The molecule has 0 radical (unpaired) electrons. The third kappa shape index (κ3) is 2.21. The van der Waals surface area contributed by atoms with Crippen LogP contribution < -0.4 is 0 Å². The van der Waals surface area contributed by atoms with Crippen molar-refractivity contribution >= 4 is 11.9 Å². The van der Waals surface area contributed by atoms with Crippen molar-refractivity contribution in [2.45, 2.75) is 56.6 Å². The number of ether oxygens (including phenoxy) is 1. The van der Waals surface area contributed by atoms with Crippen LogP contribution in [0.3, 0.4) is 0 Å². The van der Waals surface area contributed by atoms with Crippen LogP contribution in [0.1, 0.15) is 56.6 Å². The average Bonchev–Trinajstić information content (AvgIpc) is 3.13. The number of amides is 1. The summed E-state index contributed by atoms with van der Waals surface area (Å²) in [5, 5.41) is 0. The van der Waals surface area contributed by atoms with Gasteiger partial charge in [0.1, 0.15) is 0 Å². The van der Waals surface area contributed by atoms with Crippen molar-refractivity contribution in [3.8, 4) is 0 Å². The lowest BCUT2D eigenvalue weighted by Gasteiger charge is -2.41. The van der Waals surface area contributed by atoms with E-state index in [0.717, 1.165) is 12.1 Å². The largest absolute Gasteiger partial charge is 0.446 e. The second-order valence-electron chi connectivity index (χ2n) is 6.68. The molecule has 1 aromatic carbocycles. The second-order valence-corrected chi connectivity index (χ2v) is 6.68. The minimum Gasteiger partial charge on any atom is -0.446 e. The van der Waals surface area contributed by atoms with Gasteiger partial charge in [0.25, 0.3) is 11.9 Å². The topological polar surface area (TPSA) is 41.9 Å². The van der Waals surface area contributed by atoms with E-state index in [0.29, 0.717) is 6.02 Å². The predicted octanol–water partition coefficient (Wildman–Crippen LogP) is 3.44. The van der Waals surface area contributed by atoms with E-state index in [1.54, 1.807) is 0 Å². The van der Waals surface area contributed by atoms with Gasteiger partial charge in [0.2, 0.25) is 6.10 Å². The Balaban J connectivity index is 1.56. The quantitative estimate of drug-likeness (QED) is 0.797. The maximum Gasteiger partial charge on any atom is 0.296 e. The van der Waals surface area contributed by atoms with E-state index in [2.05, 4.69) is 9.89 Å². The van der Waals surface area contributed by atoms with E-state index in [9.17, 15) is 4.79 Å². The summed E-state index contributed by atoms with van der Waals surface area (Å²) in [6, 6.07) is 10.2. The summed E-state index contributed by atoms with van der Waals surface area (Å²) in [6.45, 7) is 0.966. The van der Waals surface area contributed by atoms with Crippen molar-refractivity contribution in [2.75, 3.05) is 6.54 Å². The molecule has 3 aliphatic rings. The van der Waals surface area contributed by atoms with Gasteiger partial charge in [0, 0.05) is 17.6 Å². The molecule has 116 valence electrons. The van der Waals surface area contributed by atoms with E-state index in [1.165, 1.54) is 44.9 Å². The molecule has 1 saturated heterocycles. The van der Waals surface area contributed by atoms with E-state index >= 15 is 0 Å². The van der Waals surface area contributed by atoms with Gasteiger partial charge in [-0.1, -0.05) is 49.6 Å². The van der Waals surface area contributed by atoms with Gasteiger partial charge in [-0.2, -0.15) is 4.99 Å². The molecular weight excluding hydrogens is 276 g/mol. The fourth-order valence-electron chi connectivity index (χ4n) is 4.26. The Labute approximate surface area is 131 Å². The van der Waals surface area contributed by atoms with E-state index < -0.39 is 6.10 Å². The van der Waals surface area contributed by atoms with Crippen LogP contribution in [0.4, 0.5) is 0 Å². The molecule has 1 amide bonds. The minimum atomic E-state index is -0.558. The molecule has 1 atom stereocenters. The minimum absolute atomic E-state index is 0.168. The highest BCUT2D eigenvalue weighted by Gasteiger charge is 2.46. The summed E-state index contributed by atoms with van der Waals surface area (Å²) >= 11 is 0. The predicted molar refractivity (Wildman–Crippen MR) is 84.5 cm³/mol. The molecule has 1 spiro atoms. The molecule has 4 nitrogen and oxygen atoms in total. The third-order valence-electron chi connectivity index (χ3n) is 5.37. The highest BCUT2D eigenvalue weighted by Crippen LogP contribution is 2.43. The average molecular weight is 298 g/mol. The summed E-state index contributed by atoms with van der Waals surface area (Å²) in [5.41, 5.74) is 1.09. The molecule has 1 aliphatic carbocycles. The molecule has 2 aliphatic heterocycles. The first-order chi connectivity index (χ1) is 10.8. The Bertz CT molecular complexity index is 590. The van der Waals surface area contributed by atoms with Crippen molar-refractivity contribution in [1.82, 2.24) is 4.90 Å². The van der Waals surface area contributed by atoms with Crippen molar-refractivity contribution in [3.05, 3.63) is 35.9 Å². The fourth-order valence-corrected chi connectivity index (χ4v) is 4.26. The summed E-state index contributed by atoms with van der Waals surface area (Å²) in [6.07, 6.45) is 8.12. The van der Waals surface area contributed by atoms with Gasteiger partial charge in [-0.05, 0) is 25.7 Å². The molecule has 2 fully saturated rings. The Morgan fingerprint density at radius 3 is 2.55 bits per heavy atom. The van der Waals surface area contributed by atoms with Crippen molar-refractivity contribution in [2.24, 2.45) is 4.99 Å². The monoisotopic (exact) mass is 298 g/mol. The molecule has 4 rings (SSSR count). The van der Waals surface area contributed by atoms with E-state index in [-0.39, 0.29) is 11.4 Å². The number of carbonyl (C=O) groups excluding carboxylic acids is 1. The van der Waals surface area contributed by atoms with Crippen LogP contribution in [0, 0.1) is 0 Å². The van der Waals surface area contributed by atoms with Gasteiger partial charge < -0.3 is 9.64 Å². The Morgan fingerprint density at radius 1 is 1.05 bits per heavy atom. The highest BCUT2D eigenvalue weighted by atomic mass is 16.5. The standard InChI is InChI=1S/C18H22N2O2/c21-16-15(14-8-3-1-4-9-14)22-17(19-16)20-13-7-12-18(20)10-5-2-6-11-18/h1,3-4,8-9,15H,2,5-7,10-13H2. The lowest BCUT2D eigenvalue weighted by Crippen LogP contribution is -2.48. The molecular formula is C18H22N2O2. The number of carbonyl (C=O) groups is 1. The number of hydrogen-bond acceptors (Lipinski definition) is 3. The summed E-state index contributed by atoms with van der Waals surface area (Å²) in [4.78, 5) is 18.8. The number of amidine groups is 1. The van der Waals surface area contributed by atoms with Crippen LogP contribution in [0.2, 0.25) is 0 Å². The van der Waals surface area contributed by atoms with Gasteiger partial charge in [-0.15, -0.1) is 0 Å². The summed E-state index contributed by atoms with van der Waals surface area (Å²) in [5.74, 6) is -0.168. The first-order valence-electron chi connectivity index (χ1n) is 8.40. The maximum absolute atomic E-state index is 12.3. The van der Waals surface area contributed by atoms with Crippen LogP contribution >= 0.6 is 0 Å². The van der Waals surface area contributed by atoms with Crippen molar-refractivity contribution in [1.29, 1.82) is 0 Å². The van der Waals surface area contributed by atoms with Gasteiger partial charge in [-0.25, -0.2) is 0 Å². The molecule has 0 bridgehead atoms. The number of aliphatic imine (C=N–C) groups is 1.